The molecule has 0 saturated heterocycles. The van der Waals surface area contributed by atoms with Gasteiger partial charge in [-0.2, -0.15) is 5.10 Å². The number of rotatable bonds is 9. The summed E-state index contributed by atoms with van der Waals surface area (Å²) < 4.78 is 35.3. The Morgan fingerprint density at radius 1 is 1.24 bits per heavy atom. The molecular weight excluding hydrogens is 469 g/mol. The first-order valence-electron chi connectivity index (χ1n) is 8.02. The molecule has 0 aliphatic rings. The smallest absolute Gasteiger partial charge is 0.240 e. The van der Waals surface area contributed by atoms with Crippen LogP contribution in [0.5, 0.6) is 0 Å². The topological polar surface area (TPSA) is 73.2 Å². The minimum Gasteiger partial charge on any atom is -0.360 e. The van der Waals surface area contributed by atoms with E-state index in [0.29, 0.717) is 6.73 Å². The first kappa shape index (κ1) is 20.6. The zero-order valence-electron chi connectivity index (χ0n) is 14.7. The summed E-state index contributed by atoms with van der Waals surface area (Å²) in [4.78, 5) is 0.257. The fraction of sp³-hybridized carbons (Fsp3) is 0.438. The number of hydrogen-bond acceptors (Lipinski definition) is 4. The van der Waals surface area contributed by atoms with E-state index in [2.05, 4.69) is 52.1 Å². The van der Waals surface area contributed by atoms with Crippen molar-refractivity contribution < 1.29 is 13.2 Å². The molecule has 6 nitrogen and oxygen atoms in total. The lowest BCUT2D eigenvalue weighted by molar-refractivity contribution is 0.0783. The summed E-state index contributed by atoms with van der Waals surface area (Å²) in [7, 11) is -4.62. The number of aromatic nitrogens is 2. The Labute approximate surface area is 164 Å². The second-order valence-corrected chi connectivity index (χ2v) is 15.4. The van der Waals surface area contributed by atoms with Crippen LogP contribution in [0.1, 0.15) is 5.56 Å². The molecule has 25 heavy (non-hydrogen) atoms. The molecule has 2 rings (SSSR count). The molecule has 0 atom stereocenters. The maximum atomic E-state index is 12.3. The predicted molar refractivity (Wildman–Crippen MR) is 110 cm³/mol. The molecule has 9 heteroatoms. The van der Waals surface area contributed by atoms with Crippen LogP contribution in [0, 0.1) is 3.70 Å². The largest absolute Gasteiger partial charge is 0.360 e. The molecular formula is C16H24IN3O3SSi. The van der Waals surface area contributed by atoms with Gasteiger partial charge < -0.3 is 4.74 Å². The number of benzene rings is 1. The SMILES string of the molecule is C[Si](C)(C)CCOCn1cc(CNS(=O)(=O)c2ccccc2)c(I)n1. The van der Waals surface area contributed by atoms with E-state index < -0.39 is 18.1 Å². The average molecular weight is 493 g/mol. The van der Waals surface area contributed by atoms with Crippen molar-refractivity contribution in [3.05, 3.63) is 45.8 Å². The van der Waals surface area contributed by atoms with Crippen LogP contribution in [0.4, 0.5) is 0 Å². The van der Waals surface area contributed by atoms with Crippen molar-refractivity contribution in [3.63, 3.8) is 0 Å². The Morgan fingerprint density at radius 3 is 2.56 bits per heavy atom. The zero-order valence-corrected chi connectivity index (χ0v) is 18.7. The van der Waals surface area contributed by atoms with E-state index in [0.717, 1.165) is 21.9 Å². The van der Waals surface area contributed by atoms with E-state index in [1.807, 2.05) is 6.20 Å². The zero-order chi connectivity index (χ0) is 18.5. The molecule has 138 valence electrons. The standard InChI is InChI=1S/C16H24IN3O3SSi/c1-25(2,3)10-9-23-13-20-12-14(16(17)19-20)11-18-24(21,22)15-7-5-4-6-8-15/h4-8,12,18H,9-11,13H2,1-3H3. The number of nitrogens with zero attached hydrogens (tertiary/aromatic N) is 2. The third kappa shape index (κ3) is 6.81. The molecule has 0 fully saturated rings. The van der Waals surface area contributed by atoms with Crippen molar-refractivity contribution in [1.29, 1.82) is 0 Å². The quantitative estimate of drug-likeness (QED) is 0.331. The fourth-order valence-electron chi connectivity index (χ4n) is 2.02. The minimum atomic E-state index is -3.52. The molecule has 0 amide bonds. The molecule has 1 aromatic carbocycles. The van der Waals surface area contributed by atoms with E-state index in [9.17, 15) is 8.42 Å². The van der Waals surface area contributed by atoms with Gasteiger partial charge in [-0.05, 0) is 40.8 Å². The summed E-state index contributed by atoms with van der Waals surface area (Å²) in [6.45, 7) is 8.23. The van der Waals surface area contributed by atoms with Gasteiger partial charge in [0.15, 0.2) is 0 Å². The summed E-state index contributed by atoms with van der Waals surface area (Å²) in [5, 5.41) is 4.37. The van der Waals surface area contributed by atoms with E-state index in [1.165, 1.54) is 0 Å². The highest BCUT2D eigenvalue weighted by molar-refractivity contribution is 14.1. The summed E-state index contributed by atoms with van der Waals surface area (Å²) >= 11 is 2.11. The number of hydrogen-bond donors (Lipinski definition) is 1. The number of ether oxygens (including phenoxy) is 1. The summed E-state index contributed by atoms with van der Waals surface area (Å²) in [5.41, 5.74) is 0.828. The van der Waals surface area contributed by atoms with Crippen molar-refractivity contribution in [2.45, 2.75) is 43.9 Å². The minimum absolute atomic E-state index is 0.199. The first-order valence-corrected chi connectivity index (χ1v) is 14.3. The van der Waals surface area contributed by atoms with E-state index in [1.54, 1.807) is 35.0 Å². The van der Waals surface area contributed by atoms with Crippen LogP contribution in [0.2, 0.25) is 25.7 Å². The molecule has 1 heterocycles. The van der Waals surface area contributed by atoms with Gasteiger partial charge in [-0.15, -0.1) is 0 Å². The van der Waals surface area contributed by atoms with Gasteiger partial charge in [-0.25, -0.2) is 17.8 Å². The Bertz CT molecular complexity index is 789. The van der Waals surface area contributed by atoms with Crippen LogP contribution in [-0.2, 0) is 28.0 Å². The normalized spacial score (nSPS) is 12.5. The summed E-state index contributed by atoms with van der Waals surface area (Å²) in [6.07, 6.45) is 1.82. The molecule has 1 N–H and O–H groups in total. The van der Waals surface area contributed by atoms with Crippen LogP contribution in [-0.4, -0.2) is 32.9 Å². The highest BCUT2D eigenvalue weighted by Gasteiger charge is 2.15. The highest BCUT2D eigenvalue weighted by atomic mass is 127. The lowest BCUT2D eigenvalue weighted by Crippen LogP contribution is -2.23. The predicted octanol–water partition coefficient (Wildman–Crippen LogP) is 3.28. The van der Waals surface area contributed by atoms with Gasteiger partial charge in [0.1, 0.15) is 10.4 Å². The Balaban J connectivity index is 1.90. The van der Waals surface area contributed by atoms with E-state index in [-0.39, 0.29) is 11.4 Å². The third-order valence-electron chi connectivity index (χ3n) is 3.51. The van der Waals surface area contributed by atoms with Gasteiger partial charge in [-0.1, -0.05) is 37.8 Å². The fourth-order valence-corrected chi connectivity index (χ4v) is 4.41. The van der Waals surface area contributed by atoms with Crippen LogP contribution in [0.3, 0.4) is 0 Å². The van der Waals surface area contributed by atoms with Crippen molar-refractivity contribution in [2.75, 3.05) is 6.61 Å². The molecule has 0 aliphatic heterocycles. The van der Waals surface area contributed by atoms with Crippen LogP contribution < -0.4 is 4.72 Å². The molecule has 0 radical (unpaired) electrons. The molecule has 2 aromatic rings. The number of sulfonamides is 1. The molecule has 0 bridgehead atoms. The van der Waals surface area contributed by atoms with Gasteiger partial charge in [-0.3, -0.25) is 0 Å². The maximum absolute atomic E-state index is 12.3. The van der Waals surface area contributed by atoms with Gasteiger partial charge in [0.2, 0.25) is 10.0 Å². The molecule has 0 aliphatic carbocycles. The van der Waals surface area contributed by atoms with Gasteiger partial charge >= 0.3 is 0 Å². The Morgan fingerprint density at radius 2 is 1.92 bits per heavy atom. The van der Waals surface area contributed by atoms with Crippen molar-refractivity contribution in [1.82, 2.24) is 14.5 Å². The number of halogens is 1. The van der Waals surface area contributed by atoms with E-state index >= 15 is 0 Å². The van der Waals surface area contributed by atoms with E-state index in [4.69, 9.17) is 4.74 Å². The third-order valence-corrected chi connectivity index (χ3v) is 7.54. The van der Waals surface area contributed by atoms with Crippen LogP contribution >= 0.6 is 22.6 Å². The maximum Gasteiger partial charge on any atom is 0.240 e. The average Bonchev–Trinajstić information content (AvgIpc) is 2.90. The summed E-state index contributed by atoms with van der Waals surface area (Å²) in [6, 6.07) is 9.44. The molecule has 0 unspecified atom stereocenters. The Kier molecular flexibility index (Phi) is 7.20. The monoisotopic (exact) mass is 493 g/mol. The second kappa shape index (κ2) is 8.76. The van der Waals surface area contributed by atoms with Crippen molar-refractivity contribution in [3.8, 4) is 0 Å². The Hall–Kier alpha value is -0.753. The number of nitrogens with one attached hydrogen (secondary N) is 1. The summed E-state index contributed by atoms with van der Waals surface area (Å²) in [5.74, 6) is 0. The first-order chi connectivity index (χ1) is 11.7. The molecule has 0 spiro atoms. The lowest BCUT2D eigenvalue weighted by Gasteiger charge is -2.15. The second-order valence-electron chi connectivity index (χ2n) is 6.97. The van der Waals surface area contributed by atoms with Crippen molar-refractivity contribution in [2.24, 2.45) is 0 Å². The van der Waals surface area contributed by atoms with Crippen molar-refractivity contribution >= 4 is 40.7 Å². The van der Waals surface area contributed by atoms with Gasteiger partial charge in [0, 0.05) is 33.0 Å². The highest BCUT2D eigenvalue weighted by Crippen LogP contribution is 2.13. The molecule has 0 saturated carbocycles. The van der Waals surface area contributed by atoms with Crippen LogP contribution in [0.15, 0.2) is 41.4 Å². The van der Waals surface area contributed by atoms with Gasteiger partial charge in [0.05, 0.1) is 4.90 Å². The lowest BCUT2D eigenvalue weighted by atomic mass is 10.4. The van der Waals surface area contributed by atoms with Gasteiger partial charge in [0.25, 0.3) is 0 Å². The van der Waals surface area contributed by atoms with Crippen LogP contribution in [0.25, 0.3) is 0 Å². The molecule has 1 aromatic heterocycles.